The van der Waals surface area contributed by atoms with E-state index in [-0.39, 0.29) is 12.1 Å². The summed E-state index contributed by atoms with van der Waals surface area (Å²) in [6.45, 7) is 1.55. The average Bonchev–Trinajstić information content (AvgIpc) is 2.97. The highest BCUT2D eigenvalue weighted by molar-refractivity contribution is 6.08. The number of methoxy groups -OCH3 is 2. The van der Waals surface area contributed by atoms with E-state index in [1.165, 1.54) is 43.2 Å². The van der Waals surface area contributed by atoms with E-state index in [2.05, 4.69) is 0 Å². The molecule has 1 amide bonds. The lowest BCUT2D eigenvalue weighted by atomic mass is 9.96. The van der Waals surface area contributed by atoms with Gasteiger partial charge in [0.15, 0.2) is 23.0 Å². The molecule has 1 N–H and O–H groups in total. The van der Waals surface area contributed by atoms with Gasteiger partial charge in [-0.2, -0.15) is 0 Å². The first-order valence-electron chi connectivity index (χ1n) is 9.08. The number of aliphatic hydroxyl groups excluding tert-OH is 1. The molecule has 0 fully saturated rings. The molecule has 1 aliphatic heterocycles. The summed E-state index contributed by atoms with van der Waals surface area (Å²) in [5, 5.41) is 10.3. The molecule has 3 rings (SSSR count). The maximum absolute atomic E-state index is 13.4. The van der Waals surface area contributed by atoms with Gasteiger partial charge < -0.3 is 19.5 Å². The Morgan fingerprint density at radius 3 is 2.34 bits per heavy atom. The number of hydrogen-bond donors (Lipinski definition) is 1. The van der Waals surface area contributed by atoms with Gasteiger partial charge in [-0.3, -0.25) is 9.59 Å². The Hall–Kier alpha value is -3.35. The fourth-order valence-electron chi connectivity index (χ4n) is 3.52. The van der Waals surface area contributed by atoms with E-state index in [4.69, 9.17) is 9.47 Å². The lowest BCUT2D eigenvalue weighted by Gasteiger charge is -2.26. The smallest absolute Gasteiger partial charge is 0.290 e. The van der Waals surface area contributed by atoms with Crippen molar-refractivity contribution in [3.05, 3.63) is 70.7 Å². The number of nitrogens with zero attached hydrogens (tertiary/aromatic N) is 1. The van der Waals surface area contributed by atoms with Crippen molar-refractivity contribution in [2.24, 2.45) is 0 Å². The van der Waals surface area contributed by atoms with E-state index < -0.39 is 29.3 Å². The molecule has 0 bridgehead atoms. The molecule has 7 heteroatoms. The van der Waals surface area contributed by atoms with Crippen LogP contribution in [0.2, 0.25) is 0 Å². The molecule has 1 heterocycles. The maximum Gasteiger partial charge on any atom is 0.290 e. The van der Waals surface area contributed by atoms with Crippen LogP contribution >= 0.6 is 0 Å². The van der Waals surface area contributed by atoms with Crippen LogP contribution in [0.1, 0.15) is 24.1 Å². The minimum absolute atomic E-state index is 0.0221. The van der Waals surface area contributed by atoms with Crippen LogP contribution < -0.4 is 9.47 Å². The van der Waals surface area contributed by atoms with Crippen LogP contribution in [-0.4, -0.2) is 42.5 Å². The van der Waals surface area contributed by atoms with E-state index in [9.17, 15) is 19.1 Å². The second kappa shape index (κ2) is 8.34. The van der Waals surface area contributed by atoms with Crippen LogP contribution in [0.4, 0.5) is 4.39 Å². The summed E-state index contributed by atoms with van der Waals surface area (Å²) in [6.07, 6.45) is 0.461. The summed E-state index contributed by atoms with van der Waals surface area (Å²) in [7, 11) is 3.09. The summed E-state index contributed by atoms with van der Waals surface area (Å²) in [6, 6.07) is 10.2. The van der Waals surface area contributed by atoms with Crippen LogP contribution in [0, 0.1) is 5.82 Å². The Kier molecular flexibility index (Phi) is 5.87. The lowest BCUT2D eigenvalue weighted by molar-refractivity contribution is -0.129. The third-order valence-corrected chi connectivity index (χ3v) is 4.96. The number of aliphatic hydroxyl groups is 1. The third-order valence-electron chi connectivity index (χ3n) is 4.96. The van der Waals surface area contributed by atoms with Crippen LogP contribution in [0.25, 0.3) is 0 Å². The molecule has 0 aromatic heterocycles. The van der Waals surface area contributed by atoms with Gasteiger partial charge in [0, 0.05) is 6.54 Å². The summed E-state index contributed by atoms with van der Waals surface area (Å²) in [5.41, 5.74) is 1.47. The van der Waals surface area contributed by atoms with Gasteiger partial charge in [0.05, 0.1) is 25.8 Å². The first-order chi connectivity index (χ1) is 13.9. The fraction of sp³-hybridized carbons (Fsp3) is 0.273. The molecule has 0 aliphatic carbocycles. The van der Waals surface area contributed by atoms with Crippen LogP contribution in [-0.2, 0) is 16.0 Å². The Labute approximate surface area is 168 Å². The van der Waals surface area contributed by atoms with Crippen LogP contribution in [0.5, 0.6) is 11.5 Å². The number of amides is 1. The second-order valence-corrected chi connectivity index (χ2v) is 6.71. The van der Waals surface area contributed by atoms with Crippen molar-refractivity contribution >= 4 is 11.7 Å². The van der Waals surface area contributed by atoms with Crippen molar-refractivity contribution in [1.82, 2.24) is 4.90 Å². The number of benzene rings is 2. The van der Waals surface area contributed by atoms with E-state index in [0.29, 0.717) is 23.5 Å². The van der Waals surface area contributed by atoms with E-state index in [1.54, 1.807) is 13.2 Å². The van der Waals surface area contributed by atoms with Gasteiger partial charge in [0.25, 0.3) is 5.91 Å². The fourth-order valence-corrected chi connectivity index (χ4v) is 3.52. The highest BCUT2D eigenvalue weighted by Gasteiger charge is 2.42. The van der Waals surface area contributed by atoms with Crippen molar-refractivity contribution in [2.45, 2.75) is 19.4 Å². The quantitative estimate of drug-likeness (QED) is 0.773. The van der Waals surface area contributed by atoms with Gasteiger partial charge in [-0.15, -0.1) is 0 Å². The number of carbonyl (C=O) groups is 2. The molecule has 152 valence electrons. The lowest BCUT2D eigenvalue weighted by Crippen LogP contribution is -2.32. The Bertz CT molecular complexity index is 968. The zero-order valence-corrected chi connectivity index (χ0v) is 16.4. The first kappa shape index (κ1) is 20.4. The number of hydrogen-bond acceptors (Lipinski definition) is 5. The van der Waals surface area contributed by atoms with E-state index in [0.717, 1.165) is 5.56 Å². The summed E-state index contributed by atoms with van der Waals surface area (Å²) < 4.78 is 23.9. The number of carbonyl (C=O) groups excluding carboxylic acids is 2. The molecule has 29 heavy (non-hydrogen) atoms. The Balaban J connectivity index is 1.89. The third kappa shape index (κ3) is 3.94. The van der Waals surface area contributed by atoms with Crippen LogP contribution in [0.3, 0.4) is 0 Å². The van der Waals surface area contributed by atoms with Gasteiger partial charge in [0.2, 0.25) is 0 Å². The summed E-state index contributed by atoms with van der Waals surface area (Å²) in [4.78, 5) is 26.2. The molecule has 6 nitrogen and oxygen atoms in total. The molecular formula is C22H22FNO5. The molecule has 2 aromatic carbocycles. The summed E-state index contributed by atoms with van der Waals surface area (Å²) >= 11 is 0. The van der Waals surface area contributed by atoms with Gasteiger partial charge in [0.1, 0.15) is 5.82 Å². The molecule has 0 unspecified atom stereocenters. The highest BCUT2D eigenvalue weighted by atomic mass is 19.1. The largest absolute Gasteiger partial charge is 0.503 e. The van der Waals surface area contributed by atoms with Gasteiger partial charge >= 0.3 is 0 Å². The molecule has 0 saturated heterocycles. The van der Waals surface area contributed by atoms with Gasteiger partial charge in [-0.1, -0.05) is 18.2 Å². The molecule has 0 saturated carbocycles. The van der Waals surface area contributed by atoms with Crippen molar-refractivity contribution in [3.63, 3.8) is 0 Å². The van der Waals surface area contributed by atoms with Gasteiger partial charge in [-0.25, -0.2) is 4.39 Å². The molecule has 0 spiro atoms. The number of rotatable bonds is 7. The second-order valence-electron chi connectivity index (χ2n) is 6.71. The van der Waals surface area contributed by atoms with Gasteiger partial charge in [-0.05, 0) is 48.7 Å². The Morgan fingerprint density at radius 2 is 1.76 bits per heavy atom. The van der Waals surface area contributed by atoms with Crippen molar-refractivity contribution < 1.29 is 28.6 Å². The van der Waals surface area contributed by atoms with E-state index >= 15 is 0 Å². The number of ketones is 1. The van der Waals surface area contributed by atoms with Crippen LogP contribution in [0.15, 0.2) is 53.8 Å². The molecule has 2 aromatic rings. The first-order valence-corrected chi connectivity index (χ1v) is 9.08. The predicted molar refractivity (Wildman–Crippen MR) is 104 cm³/mol. The average molecular weight is 399 g/mol. The zero-order chi connectivity index (χ0) is 21.1. The molecular weight excluding hydrogens is 377 g/mol. The molecule has 1 atom stereocenters. The van der Waals surface area contributed by atoms with Crippen molar-refractivity contribution in [1.29, 1.82) is 0 Å². The standard InChI is InChI=1S/C22H22FNO5/c1-13(25)19-20(15-5-7-16(23)8-6-15)24(22(27)21(19)26)11-10-14-4-9-17(28-2)18(12-14)29-3/h4-9,12,20,26H,10-11H2,1-3H3/t20-/m0/s1. The number of halogens is 1. The summed E-state index contributed by atoms with van der Waals surface area (Å²) in [5.74, 6) is -0.843. The van der Waals surface area contributed by atoms with Crippen molar-refractivity contribution in [2.75, 3.05) is 20.8 Å². The highest BCUT2D eigenvalue weighted by Crippen LogP contribution is 2.38. The normalized spacial score (nSPS) is 16.3. The minimum atomic E-state index is -0.763. The monoisotopic (exact) mass is 399 g/mol. The predicted octanol–water partition coefficient (Wildman–Crippen LogP) is 3.37. The van der Waals surface area contributed by atoms with Crippen molar-refractivity contribution in [3.8, 4) is 11.5 Å². The number of Topliss-reactive ketones (excluding diaryl/α,β-unsaturated/α-hetero) is 1. The SMILES string of the molecule is COc1ccc(CCN2C(=O)C(O)=C(C(C)=O)[C@@H]2c2ccc(F)cc2)cc1OC. The number of ether oxygens (including phenoxy) is 2. The van der Waals surface area contributed by atoms with E-state index in [1.807, 2.05) is 12.1 Å². The maximum atomic E-state index is 13.4. The zero-order valence-electron chi connectivity index (χ0n) is 16.4. The molecule has 0 radical (unpaired) electrons. The minimum Gasteiger partial charge on any atom is -0.503 e. The Morgan fingerprint density at radius 1 is 1.10 bits per heavy atom. The molecule has 1 aliphatic rings. The topological polar surface area (TPSA) is 76.1 Å².